The predicted octanol–water partition coefficient (Wildman–Crippen LogP) is 2.46. The first-order valence-electron chi connectivity index (χ1n) is 4.81. The molecule has 0 spiro atoms. The highest BCUT2D eigenvalue weighted by molar-refractivity contribution is 4.98. The molecule has 1 N–H and O–H groups in total. The molecule has 0 bridgehead atoms. The van der Waals surface area contributed by atoms with Gasteiger partial charge in [0.15, 0.2) is 0 Å². The summed E-state index contributed by atoms with van der Waals surface area (Å²) >= 11 is 0. The first-order valence-corrected chi connectivity index (χ1v) is 4.81. The molecule has 0 aliphatic carbocycles. The van der Waals surface area contributed by atoms with Gasteiger partial charge in [0.05, 0.1) is 6.26 Å². The van der Waals surface area contributed by atoms with Crippen molar-refractivity contribution < 1.29 is 4.42 Å². The maximum atomic E-state index is 5.23. The van der Waals surface area contributed by atoms with E-state index in [1.807, 2.05) is 12.1 Å². The third kappa shape index (κ3) is 4.73. The highest BCUT2D eigenvalue weighted by Crippen LogP contribution is 2.10. The van der Waals surface area contributed by atoms with E-state index in [-0.39, 0.29) is 0 Å². The molecule has 2 nitrogen and oxygen atoms in total. The molecule has 74 valence electrons. The van der Waals surface area contributed by atoms with Crippen LogP contribution in [-0.2, 0) is 6.42 Å². The van der Waals surface area contributed by atoms with Gasteiger partial charge in [-0.25, -0.2) is 0 Å². The van der Waals surface area contributed by atoms with Crippen LogP contribution in [0.5, 0.6) is 0 Å². The fraction of sp³-hybridized carbons (Fsp3) is 0.636. The van der Waals surface area contributed by atoms with E-state index in [1.54, 1.807) is 6.26 Å². The van der Waals surface area contributed by atoms with E-state index in [0.29, 0.717) is 5.41 Å². The van der Waals surface area contributed by atoms with Crippen LogP contribution in [0.2, 0.25) is 0 Å². The largest absolute Gasteiger partial charge is 0.469 e. The van der Waals surface area contributed by atoms with Gasteiger partial charge < -0.3 is 9.73 Å². The lowest BCUT2D eigenvalue weighted by Crippen LogP contribution is -2.28. The smallest absolute Gasteiger partial charge is 0.105 e. The molecular formula is C11H19NO. The zero-order valence-electron chi connectivity index (χ0n) is 8.76. The maximum absolute atomic E-state index is 5.23. The lowest BCUT2D eigenvalue weighted by Gasteiger charge is -2.18. The molecule has 0 aromatic carbocycles. The Morgan fingerprint density at radius 2 is 2.15 bits per heavy atom. The van der Waals surface area contributed by atoms with Crippen molar-refractivity contribution in [2.45, 2.75) is 27.2 Å². The van der Waals surface area contributed by atoms with Crippen molar-refractivity contribution in [3.63, 3.8) is 0 Å². The molecule has 0 aliphatic rings. The monoisotopic (exact) mass is 181 g/mol. The average Bonchev–Trinajstić information content (AvgIpc) is 2.48. The Balaban J connectivity index is 2.09. The number of furan rings is 1. The summed E-state index contributed by atoms with van der Waals surface area (Å²) in [5.41, 5.74) is 0.364. The lowest BCUT2D eigenvalue weighted by atomic mass is 9.97. The highest BCUT2D eigenvalue weighted by atomic mass is 16.3. The van der Waals surface area contributed by atoms with Gasteiger partial charge in [0, 0.05) is 19.5 Å². The maximum Gasteiger partial charge on any atom is 0.105 e. The first-order chi connectivity index (χ1) is 6.08. The molecule has 1 heterocycles. The van der Waals surface area contributed by atoms with Crippen LogP contribution in [0.3, 0.4) is 0 Å². The summed E-state index contributed by atoms with van der Waals surface area (Å²) in [5.74, 6) is 1.06. The molecule has 1 aromatic heterocycles. The molecule has 0 fully saturated rings. The van der Waals surface area contributed by atoms with Crippen LogP contribution in [0.4, 0.5) is 0 Å². The lowest BCUT2D eigenvalue weighted by molar-refractivity contribution is 0.377. The van der Waals surface area contributed by atoms with Crippen LogP contribution in [0.15, 0.2) is 22.8 Å². The number of hydrogen-bond donors (Lipinski definition) is 1. The Morgan fingerprint density at radius 1 is 1.38 bits per heavy atom. The summed E-state index contributed by atoms with van der Waals surface area (Å²) in [5, 5.41) is 3.40. The van der Waals surface area contributed by atoms with Gasteiger partial charge in [-0.1, -0.05) is 20.8 Å². The molecule has 2 heteroatoms. The quantitative estimate of drug-likeness (QED) is 0.722. The Morgan fingerprint density at radius 3 is 2.69 bits per heavy atom. The molecule has 0 aliphatic heterocycles. The Kier molecular flexibility index (Phi) is 3.55. The van der Waals surface area contributed by atoms with Crippen molar-refractivity contribution in [2.75, 3.05) is 13.1 Å². The van der Waals surface area contributed by atoms with Crippen LogP contribution < -0.4 is 5.32 Å². The molecule has 0 atom stereocenters. The van der Waals surface area contributed by atoms with Crippen molar-refractivity contribution in [1.29, 1.82) is 0 Å². The van der Waals surface area contributed by atoms with Crippen molar-refractivity contribution in [3.8, 4) is 0 Å². The van der Waals surface area contributed by atoms with E-state index >= 15 is 0 Å². The Hall–Kier alpha value is -0.760. The summed E-state index contributed by atoms with van der Waals surface area (Å²) in [6, 6.07) is 3.94. The van der Waals surface area contributed by atoms with Crippen LogP contribution in [0, 0.1) is 5.41 Å². The van der Waals surface area contributed by atoms with Crippen molar-refractivity contribution in [1.82, 2.24) is 5.32 Å². The fourth-order valence-corrected chi connectivity index (χ4v) is 1.13. The predicted molar refractivity (Wildman–Crippen MR) is 54.7 cm³/mol. The summed E-state index contributed by atoms with van der Waals surface area (Å²) in [6.07, 6.45) is 2.70. The van der Waals surface area contributed by atoms with E-state index in [4.69, 9.17) is 4.42 Å². The van der Waals surface area contributed by atoms with Crippen LogP contribution in [0.25, 0.3) is 0 Å². The van der Waals surface area contributed by atoms with E-state index in [2.05, 4.69) is 26.1 Å². The third-order valence-corrected chi connectivity index (χ3v) is 1.78. The van der Waals surface area contributed by atoms with Gasteiger partial charge in [-0.2, -0.15) is 0 Å². The molecule has 0 saturated carbocycles. The zero-order valence-corrected chi connectivity index (χ0v) is 8.76. The van der Waals surface area contributed by atoms with E-state index in [1.165, 1.54) is 0 Å². The SMILES string of the molecule is CC(C)(C)CNCCc1ccco1. The molecule has 1 rings (SSSR count). The van der Waals surface area contributed by atoms with E-state index < -0.39 is 0 Å². The normalized spacial score (nSPS) is 11.9. The first kappa shape index (κ1) is 10.3. The van der Waals surface area contributed by atoms with E-state index in [9.17, 15) is 0 Å². The second kappa shape index (κ2) is 4.47. The van der Waals surface area contributed by atoms with Crippen molar-refractivity contribution in [3.05, 3.63) is 24.2 Å². The summed E-state index contributed by atoms with van der Waals surface area (Å²) in [6.45, 7) is 8.73. The summed E-state index contributed by atoms with van der Waals surface area (Å²) in [7, 11) is 0. The second-order valence-corrected chi connectivity index (χ2v) is 4.57. The van der Waals surface area contributed by atoms with Gasteiger partial charge >= 0.3 is 0 Å². The third-order valence-electron chi connectivity index (χ3n) is 1.78. The number of rotatable bonds is 4. The number of nitrogens with one attached hydrogen (secondary N) is 1. The molecule has 0 radical (unpaired) electrons. The van der Waals surface area contributed by atoms with E-state index in [0.717, 1.165) is 25.3 Å². The summed E-state index contributed by atoms with van der Waals surface area (Å²) in [4.78, 5) is 0. The molecule has 0 unspecified atom stereocenters. The molecular weight excluding hydrogens is 162 g/mol. The second-order valence-electron chi connectivity index (χ2n) is 4.57. The summed E-state index contributed by atoms with van der Waals surface area (Å²) < 4.78 is 5.23. The average molecular weight is 181 g/mol. The van der Waals surface area contributed by atoms with Gasteiger partial charge in [0.25, 0.3) is 0 Å². The Labute approximate surface area is 80.3 Å². The van der Waals surface area contributed by atoms with Gasteiger partial charge in [0.1, 0.15) is 5.76 Å². The minimum absolute atomic E-state index is 0.364. The Bertz CT molecular complexity index is 221. The highest BCUT2D eigenvalue weighted by Gasteiger charge is 2.08. The fourth-order valence-electron chi connectivity index (χ4n) is 1.13. The molecule has 0 saturated heterocycles. The van der Waals surface area contributed by atoms with Gasteiger partial charge in [-0.3, -0.25) is 0 Å². The standard InChI is InChI=1S/C11H19NO/c1-11(2,3)9-12-7-6-10-5-4-8-13-10/h4-5,8,12H,6-7,9H2,1-3H3. The number of hydrogen-bond acceptors (Lipinski definition) is 2. The van der Waals surface area contributed by atoms with Crippen LogP contribution >= 0.6 is 0 Å². The zero-order chi connectivity index (χ0) is 9.73. The molecule has 13 heavy (non-hydrogen) atoms. The topological polar surface area (TPSA) is 25.2 Å². The molecule has 1 aromatic rings. The van der Waals surface area contributed by atoms with Crippen LogP contribution in [-0.4, -0.2) is 13.1 Å². The van der Waals surface area contributed by atoms with Crippen molar-refractivity contribution in [2.24, 2.45) is 5.41 Å². The minimum Gasteiger partial charge on any atom is -0.469 e. The minimum atomic E-state index is 0.364. The molecule has 0 amide bonds. The van der Waals surface area contributed by atoms with Crippen LogP contribution in [0.1, 0.15) is 26.5 Å². The van der Waals surface area contributed by atoms with Crippen molar-refractivity contribution >= 4 is 0 Å². The van der Waals surface area contributed by atoms with Gasteiger partial charge in [-0.15, -0.1) is 0 Å². The van der Waals surface area contributed by atoms with Gasteiger partial charge in [0.2, 0.25) is 0 Å². The van der Waals surface area contributed by atoms with Gasteiger partial charge in [-0.05, 0) is 17.5 Å².